The molecule has 3 rings (SSSR count). The molecule has 0 amide bonds. The van der Waals surface area contributed by atoms with Crippen molar-refractivity contribution in [1.29, 1.82) is 0 Å². The van der Waals surface area contributed by atoms with Crippen molar-refractivity contribution in [3.05, 3.63) is 83.5 Å². The van der Waals surface area contributed by atoms with E-state index < -0.39 is 18.0 Å². The second-order valence-corrected chi connectivity index (χ2v) is 12.8. The molecule has 0 bridgehead atoms. The Morgan fingerprint density at radius 2 is 1.59 bits per heavy atom. The van der Waals surface area contributed by atoms with Gasteiger partial charge in [-0.2, -0.15) is 0 Å². The second kappa shape index (κ2) is 17.9. The molecule has 0 aromatic heterocycles. The van der Waals surface area contributed by atoms with Gasteiger partial charge in [0.15, 0.2) is 0 Å². The Kier molecular flexibility index (Phi) is 14.4. The molecule has 0 radical (unpaired) electrons. The Labute approximate surface area is 265 Å². The summed E-state index contributed by atoms with van der Waals surface area (Å²) in [6.07, 6.45) is 11.4. The number of benzene rings is 2. The summed E-state index contributed by atoms with van der Waals surface area (Å²) < 4.78 is 10.8. The minimum atomic E-state index is -0.964. The fourth-order valence-electron chi connectivity index (χ4n) is 6.12. The maximum absolute atomic E-state index is 12.2. The maximum Gasteiger partial charge on any atom is 0.336 e. The number of aliphatic hydroxyl groups is 1. The molecule has 5 heteroatoms. The van der Waals surface area contributed by atoms with Gasteiger partial charge in [-0.15, -0.1) is 0 Å². The van der Waals surface area contributed by atoms with Crippen LogP contribution in [0.2, 0.25) is 0 Å². The smallest absolute Gasteiger partial charge is 0.336 e. The van der Waals surface area contributed by atoms with E-state index in [0.29, 0.717) is 17.4 Å². The van der Waals surface area contributed by atoms with Gasteiger partial charge in [0, 0.05) is 11.5 Å². The lowest BCUT2D eigenvalue weighted by atomic mass is 9.76. The normalized spacial score (nSPS) is 17.8. The fourth-order valence-corrected chi connectivity index (χ4v) is 6.12. The Morgan fingerprint density at radius 3 is 2.18 bits per heavy atom. The van der Waals surface area contributed by atoms with Crippen LogP contribution in [0.3, 0.4) is 0 Å². The van der Waals surface area contributed by atoms with Gasteiger partial charge in [-0.3, -0.25) is 0 Å². The molecule has 2 aromatic carbocycles. The average molecular weight is 603 g/mol. The third-order valence-electron chi connectivity index (χ3n) is 9.16. The largest absolute Gasteiger partial charge is 0.462 e. The molecule has 44 heavy (non-hydrogen) atoms. The number of aliphatic hydroxyl groups excluding tert-OH is 1. The van der Waals surface area contributed by atoms with Gasteiger partial charge in [-0.25, -0.2) is 9.59 Å². The van der Waals surface area contributed by atoms with E-state index in [2.05, 4.69) is 69.5 Å². The molecule has 0 spiro atoms. The van der Waals surface area contributed by atoms with Gasteiger partial charge in [0.05, 0.1) is 24.9 Å². The molecule has 1 saturated carbocycles. The molecule has 1 fully saturated rings. The lowest BCUT2D eigenvalue weighted by molar-refractivity contribution is -0.145. The highest BCUT2D eigenvalue weighted by Gasteiger charge is 2.25. The van der Waals surface area contributed by atoms with Gasteiger partial charge in [0.2, 0.25) is 0 Å². The summed E-state index contributed by atoms with van der Waals surface area (Å²) in [5.74, 6) is -0.00615. The van der Waals surface area contributed by atoms with Gasteiger partial charge in [-0.05, 0) is 111 Å². The number of esters is 2. The predicted octanol–water partition coefficient (Wildman–Crippen LogP) is 8.92. The van der Waals surface area contributed by atoms with E-state index in [-0.39, 0.29) is 24.7 Å². The van der Waals surface area contributed by atoms with E-state index in [1.54, 1.807) is 6.92 Å². The molecule has 2 unspecified atom stereocenters. The van der Waals surface area contributed by atoms with Crippen LogP contribution in [-0.2, 0) is 31.9 Å². The SMILES string of the molecule is C=C(C)C(=O)OCC(CCC1CCC(c2ccc(-c3ccc(CCCCC)cc3)c(CC)c2)CC1)COC(=O)C(=C)C(C)O. The van der Waals surface area contributed by atoms with Crippen molar-refractivity contribution in [2.24, 2.45) is 11.8 Å². The van der Waals surface area contributed by atoms with Gasteiger partial charge in [0.25, 0.3) is 0 Å². The first-order chi connectivity index (χ1) is 21.1. The Morgan fingerprint density at radius 1 is 0.932 bits per heavy atom. The van der Waals surface area contributed by atoms with Crippen LogP contribution in [-0.4, -0.2) is 36.4 Å². The number of aryl methyl sites for hydroxylation is 2. The quantitative estimate of drug-likeness (QED) is 0.111. The van der Waals surface area contributed by atoms with Crippen LogP contribution in [0.25, 0.3) is 11.1 Å². The third-order valence-corrected chi connectivity index (χ3v) is 9.16. The first-order valence-electron chi connectivity index (χ1n) is 16.7. The zero-order chi connectivity index (χ0) is 32.1. The summed E-state index contributed by atoms with van der Waals surface area (Å²) >= 11 is 0. The van der Waals surface area contributed by atoms with Crippen LogP contribution in [0.5, 0.6) is 0 Å². The minimum absolute atomic E-state index is 0.0241. The average Bonchev–Trinajstić information content (AvgIpc) is 3.04. The second-order valence-electron chi connectivity index (χ2n) is 12.8. The topological polar surface area (TPSA) is 72.8 Å². The van der Waals surface area contributed by atoms with Crippen molar-refractivity contribution in [3.8, 4) is 11.1 Å². The lowest BCUT2D eigenvalue weighted by Crippen LogP contribution is -2.24. The predicted molar refractivity (Wildman–Crippen MR) is 179 cm³/mol. The van der Waals surface area contributed by atoms with Crippen LogP contribution in [0, 0.1) is 11.8 Å². The summed E-state index contributed by atoms with van der Waals surface area (Å²) in [6, 6.07) is 16.3. The standard InChI is InChI=1S/C39H54O5/c1-7-9-10-11-30-16-20-35(21-17-30)37-23-22-36(24-33(37)8-2)34-18-14-31(15-19-34)12-13-32(25-43-38(41)27(3)4)26-44-39(42)28(5)29(6)40/h16-17,20-24,29,31-32,34,40H,3,5,7-15,18-19,25-26H2,1-2,4,6H3. The van der Waals surface area contributed by atoms with Crippen molar-refractivity contribution in [3.63, 3.8) is 0 Å². The molecule has 0 aliphatic heterocycles. The number of ether oxygens (including phenoxy) is 2. The molecule has 240 valence electrons. The summed E-state index contributed by atoms with van der Waals surface area (Å²) in [5.41, 5.74) is 7.32. The van der Waals surface area contributed by atoms with Gasteiger partial charge >= 0.3 is 11.9 Å². The molecule has 0 heterocycles. The Hall–Kier alpha value is -3.18. The zero-order valence-electron chi connectivity index (χ0n) is 27.5. The number of hydrogen-bond acceptors (Lipinski definition) is 5. The van der Waals surface area contributed by atoms with Crippen molar-refractivity contribution in [2.75, 3.05) is 13.2 Å². The monoisotopic (exact) mass is 602 g/mol. The van der Waals surface area contributed by atoms with E-state index in [0.717, 1.165) is 51.4 Å². The first kappa shape index (κ1) is 35.3. The summed E-state index contributed by atoms with van der Waals surface area (Å²) in [6.45, 7) is 15.1. The van der Waals surface area contributed by atoms with Crippen LogP contribution in [0.1, 0.15) is 108 Å². The fraction of sp³-hybridized carbons (Fsp3) is 0.538. The minimum Gasteiger partial charge on any atom is -0.462 e. The van der Waals surface area contributed by atoms with Crippen molar-refractivity contribution >= 4 is 11.9 Å². The number of unbranched alkanes of at least 4 members (excludes halogenated alkanes) is 2. The molecule has 2 atom stereocenters. The van der Waals surface area contributed by atoms with Crippen molar-refractivity contribution in [2.45, 2.75) is 110 Å². The molecular weight excluding hydrogens is 548 g/mol. The molecule has 2 aromatic rings. The molecule has 1 aliphatic rings. The number of rotatable bonds is 17. The first-order valence-corrected chi connectivity index (χ1v) is 16.7. The maximum atomic E-state index is 12.2. The van der Waals surface area contributed by atoms with Crippen LogP contribution < -0.4 is 0 Å². The van der Waals surface area contributed by atoms with E-state index in [1.807, 2.05) is 0 Å². The van der Waals surface area contributed by atoms with E-state index in [1.165, 1.54) is 54.0 Å². The van der Waals surface area contributed by atoms with Crippen LogP contribution in [0.4, 0.5) is 0 Å². The highest BCUT2D eigenvalue weighted by Crippen LogP contribution is 2.39. The van der Waals surface area contributed by atoms with E-state index >= 15 is 0 Å². The number of carbonyl (C=O) groups is 2. The number of hydrogen-bond donors (Lipinski definition) is 1. The molecule has 1 aliphatic carbocycles. The summed E-state index contributed by atoms with van der Waals surface area (Å²) in [7, 11) is 0. The van der Waals surface area contributed by atoms with E-state index in [9.17, 15) is 14.7 Å². The number of carbonyl (C=O) groups excluding carboxylic acids is 2. The van der Waals surface area contributed by atoms with Gasteiger partial charge < -0.3 is 14.6 Å². The Bertz CT molecular complexity index is 1230. The van der Waals surface area contributed by atoms with Crippen LogP contribution in [0.15, 0.2) is 66.8 Å². The summed E-state index contributed by atoms with van der Waals surface area (Å²) in [4.78, 5) is 24.2. The van der Waals surface area contributed by atoms with E-state index in [4.69, 9.17) is 9.47 Å². The molecule has 5 nitrogen and oxygen atoms in total. The molecular formula is C39H54O5. The van der Waals surface area contributed by atoms with Crippen molar-refractivity contribution < 1.29 is 24.2 Å². The van der Waals surface area contributed by atoms with Gasteiger partial charge in [0.1, 0.15) is 0 Å². The molecule has 0 saturated heterocycles. The third kappa shape index (κ3) is 10.8. The van der Waals surface area contributed by atoms with Crippen molar-refractivity contribution in [1.82, 2.24) is 0 Å². The van der Waals surface area contributed by atoms with Gasteiger partial charge in [-0.1, -0.05) is 82.3 Å². The Balaban J connectivity index is 1.55. The highest BCUT2D eigenvalue weighted by atomic mass is 16.5. The molecule has 1 N–H and O–H groups in total. The summed E-state index contributed by atoms with van der Waals surface area (Å²) in [5, 5.41) is 9.63. The van der Waals surface area contributed by atoms with Crippen LogP contribution >= 0.6 is 0 Å². The lowest BCUT2D eigenvalue weighted by Gasteiger charge is -2.30. The zero-order valence-corrected chi connectivity index (χ0v) is 27.5. The highest BCUT2D eigenvalue weighted by molar-refractivity contribution is 5.88.